The predicted octanol–water partition coefficient (Wildman–Crippen LogP) is 5.95. The van der Waals surface area contributed by atoms with Crippen molar-refractivity contribution in [3.05, 3.63) is 71.3 Å². The molecule has 0 radical (unpaired) electrons. The molecule has 152 valence electrons. The summed E-state index contributed by atoms with van der Waals surface area (Å²) in [7, 11) is 0. The van der Waals surface area contributed by atoms with E-state index in [0.717, 1.165) is 12.3 Å². The lowest BCUT2D eigenvalue weighted by Gasteiger charge is -2.68. The molecule has 6 unspecified atom stereocenters. The van der Waals surface area contributed by atoms with Crippen molar-refractivity contribution in [1.29, 1.82) is 0 Å². The van der Waals surface area contributed by atoms with E-state index < -0.39 is 0 Å². The lowest BCUT2D eigenvalue weighted by atomic mass is 9.36. The molecule has 8 aliphatic rings. The van der Waals surface area contributed by atoms with Crippen molar-refractivity contribution in [3.63, 3.8) is 0 Å². The van der Waals surface area contributed by atoms with Crippen LogP contribution in [0, 0.1) is 29.1 Å². The maximum atomic E-state index is 13.0. The topological polar surface area (TPSA) is 26.3 Å². The van der Waals surface area contributed by atoms with E-state index >= 15 is 0 Å². The summed E-state index contributed by atoms with van der Waals surface area (Å²) in [6, 6.07) is 17.6. The van der Waals surface area contributed by atoms with E-state index in [4.69, 9.17) is 4.74 Å². The molecule has 4 saturated carbocycles. The number of rotatable bonds is 1. The van der Waals surface area contributed by atoms with E-state index in [0.29, 0.717) is 35.3 Å². The average molecular weight is 397 g/mol. The third-order valence-electron chi connectivity index (χ3n) is 9.42. The van der Waals surface area contributed by atoms with Gasteiger partial charge in [-0.2, -0.15) is 0 Å². The molecule has 0 aromatic heterocycles. The second kappa shape index (κ2) is 5.87. The third-order valence-corrected chi connectivity index (χ3v) is 9.42. The Kier molecular flexibility index (Phi) is 3.39. The number of hydrogen-bond donors (Lipinski definition) is 0. The van der Waals surface area contributed by atoms with E-state index in [2.05, 4.69) is 54.6 Å². The van der Waals surface area contributed by atoms with Crippen LogP contribution in [0.25, 0.3) is 6.08 Å². The van der Waals surface area contributed by atoms with E-state index in [1.165, 1.54) is 43.2 Å². The van der Waals surface area contributed by atoms with Gasteiger partial charge in [0.25, 0.3) is 0 Å². The van der Waals surface area contributed by atoms with Gasteiger partial charge in [-0.1, -0.05) is 48.6 Å². The molecule has 1 spiro atoms. The zero-order chi connectivity index (χ0) is 19.9. The maximum Gasteiger partial charge on any atom is 0.311 e. The summed E-state index contributed by atoms with van der Waals surface area (Å²) in [4.78, 5) is 13.0. The van der Waals surface area contributed by atoms with Crippen molar-refractivity contribution in [3.8, 4) is 5.75 Å². The molecule has 4 fully saturated rings. The SMILES string of the molecule is O=C1CC2C3CC4CC(c5ccccc5)(C3)CC2(C4)C2C=Cc3cc(ccc3C2)O1. The minimum absolute atomic E-state index is 0.0261. The minimum atomic E-state index is -0.0261. The minimum Gasteiger partial charge on any atom is -0.426 e. The zero-order valence-electron chi connectivity index (χ0n) is 17.3. The number of esters is 1. The van der Waals surface area contributed by atoms with Crippen molar-refractivity contribution in [2.75, 3.05) is 0 Å². The number of carbonyl (C=O) groups excluding carboxylic acids is 1. The second-order valence-corrected chi connectivity index (χ2v) is 10.8. The van der Waals surface area contributed by atoms with E-state index in [-0.39, 0.29) is 11.4 Å². The van der Waals surface area contributed by atoms with Crippen LogP contribution in [-0.4, -0.2) is 5.97 Å². The second-order valence-electron chi connectivity index (χ2n) is 10.8. The molecule has 2 aromatic carbocycles. The molecule has 3 aliphatic heterocycles. The third kappa shape index (κ3) is 2.28. The zero-order valence-corrected chi connectivity index (χ0v) is 17.3. The first-order valence-electron chi connectivity index (χ1n) is 11.7. The lowest BCUT2D eigenvalue weighted by molar-refractivity contribution is -0.162. The van der Waals surface area contributed by atoms with Crippen LogP contribution in [0.1, 0.15) is 55.2 Å². The monoisotopic (exact) mass is 396 g/mol. The molecule has 6 atom stereocenters. The van der Waals surface area contributed by atoms with Gasteiger partial charge in [-0.25, -0.2) is 0 Å². The molecule has 10 rings (SSSR count). The molecule has 2 nitrogen and oxygen atoms in total. The Bertz CT molecular complexity index is 1070. The first kappa shape index (κ1) is 17.3. The van der Waals surface area contributed by atoms with Crippen LogP contribution in [0.15, 0.2) is 54.6 Å². The fraction of sp³-hybridized carbons (Fsp3) is 0.464. The van der Waals surface area contributed by atoms with Crippen molar-refractivity contribution in [1.82, 2.24) is 0 Å². The Morgan fingerprint density at radius 2 is 1.87 bits per heavy atom. The molecule has 0 N–H and O–H groups in total. The highest BCUT2D eigenvalue weighted by Crippen LogP contribution is 2.71. The number of carbonyl (C=O) groups is 1. The highest BCUT2D eigenvalue weighted by atomic mass is 16.5. The first-order chi connectivity index (χ1) is 14.6. The van der Waals surface area contributed by atoms with Gasteiger partial charge in [-0.15, -0.1) is 0 Å². The quantitative estimate of drug-likeness (QED) is 0.440. The highest BCUT2D eigenvalue weighted by Gasteiger charge is 2.64. The molecule has 30 heavy (non-hydrogen) atoms. The number of hydrogen-bond acceptors (Lipinski definition) is 2. The fourth-order valence-electron chi connectivity index (χ4n) is 8.64. The van der Waals surface area contributed by atoms with Gasteiger partial charge in [0.15, 0.2) is 0 Å². The number of fused-ring (bicyclic) bond motifs is 1. The summed E-state index contributed by atoms with van der Waals surface area (Å²) in [6.45, 7) is 0. The molecular formula is C28H28O2. The Morgan fingerprint density at radius 3 is 2.77 bits per heavy atom. The van der Waals surface area contributed by atoms with Crippen molar-refractivity contribution < 1.29 is 9.53 Å². The molecule has 5 aliphatic carbocycles. The Morgan fingerprint density at radius 1 is 0.967 bits per heavy atom. The van der Waals surface area contributed by atoms with Gasteiger partial charge in [-0.05, 0) is 102 Å². The Balaban J connectivity index is 1.40. The Hall–Kier alpha value is -2.35. The van der Waals surface area contributed by atoms with Gasteiger partial charge in [-0.3, -0.25) is 4.79 Å². The molecule has 3 heterocycles. The summed E-state index contributed by atoms with van der Waals surface area (Å²) in [5, 5.41) is 0. The maximum absolute atomic E-state index is 13.0. The van der Waals surface area contributed by atoms with Crippen LogP contribution >= 0.6 is 0 Å². The van der Waals surface area contributed by atoms with Crippen LogP contribution in [0.4, 0.5) is 0 Å². The predicted molar refractivity (Wildman–Crippen MR) is 117 cm³/mol. The molecule has 0 saturated heterocycles. The molecule has 2 heteroatoms. The van der Waals surface area contributed by atoms with Gasteiger partial charge in [0.1, 0.15) is 5.75 Å². The Labute approximate surface area is 178 Å². The fourth-order valence-corrected chi connectivity index (χ4v) is 8.64. The first-order valence-corrected chi connectivity index (χ1v) is 11.7. The largest absolute Gasteiger partial charge is 0.426 e. The number of ether oxygens (including phenoxy) is 1. The number of allylic oxidation sites excluding steroid dienone is 1. The van der Waals surface area contributed by atoms with E-state index in [1.807, 2.05) is 6.07 Å². The van der Waals surface area contributed by atoms with Crippen molar-refractivity contribution in [2.24, 2.45) is 29.1 Å². The average Bonchev–Trinajstić information content (AvgIpc) is 2.79. The van der Waals surface area contributed by atoms with Crippen LogP contribution in [-0.2, 0) is 16.6 Å². The number of benzene rings is 2. The summed E-state index contributed by atoms with van der Waals surface area (Å²) < 4.78 is 5.85. The van der Waals surface area contributed by atoms with Crippen LogP contribution in [0.2, 0.25) is 0 Å². The smallest absolute Gasteiger partial charge is 0.311 e. The van der Waals surface area contributed by atoms with E-state index in [1.54, 1.807) is 5.56 Å². The van der Waals surface area contributed by atoms with Crippen LogP contribution in [0.5, 0.6) is 5.75 Å². The van der Waals surface area contributed by atoms with Crippen LogP contribution < -0.4 is 4.74 Å². The van der Waals surface area contributed by atoms with Crippen LogP contribution in [0.3, 0.4) is 0 Å². The molecule has 2 aromatic rings. The standard InChI is InChI=1S/C28H28O2/c29-26-13-25-21-10-18-14-27(16-21,22-4-2-1-3-5-22)17-28(25,15-18)23-8-6-20-12-24(30-26)9-7-19(20)11-23/h1-9,12,18,21,23,25H,10-11,13-17H2. The lowest BCUT2D eigenvalue weighted by Crippen LogP contribution is -2.61. The van der Waals surface area contributed by atoms with Gasteiger partial charge in [0.2, 0.25) is 0 Å². The summed E-state index contributed by atoms with van der Waals surface area (Å²) >= 11 is 0. The van der Waals surface area contributed by atoms with E-state index in [9.17, 15) is 4.79 Å². The normalized spacial score (nSPS) is 40.2. The molecule has 0 amide bonds. The van der Waals surface area contributed by atoms with Gasteiger partial charge in [0.05, 0.1) is 0 Å². The molecular weight excluding hydrogens is 368 g/mol. The van der Waals surface area contributed by atoms with Gasteiger partial charge in [0, 0.05) is 6.42 Å². The summed E-state index contributed by atoms with van der Waals surface area (Å²) in [6.07, 6.45) is 12.9. The van der Waals surface area contributed by atoms with Crippen molar-refractivity contribution >= 4 is 12.0 Å². The highest BCUT2D eigenvalue weighted by molar-refractivity contribution is 5.74. The van der Waals surface area contributed by atoms with Crippen molar-refractivity contribution in [2.45, 2.75) is 50.4 Å². The van der Waals surface area contributed by atoms with Gasteiger partial charge >= 0.3 is 5.97 Å². The molecule has 8 bridgehead atoms. The summed E-state index contributed by atoms with van der Waals surface area (Å²) in [5.41, 5.74) is 4.71. The van der Waals surface area contributed by atoms with Gasteiger partial charge < -0.3 is 4.74 Å². The summed E-state index contributed by atoms with van der Waals surface area (Å²) in [5.74, 6) is 3.10.